The molecular weight excluding hydrogens is 392 g/mol. The summed E-state index contributed by atoms with van der Waals surface area (Å²) in [5.74, 6) is 0.779. The number of carbonyl (C=O) groups is 2. The maximum absolute atomic E-state index is 12.4. The molecule has 2 amide bonds. The summed E-state index contributed by atoms with van der Waals surface area (Å²) in [5.41, 5.74) is 1.69. The topological polar surface area (TPSA) is 102 Å². The first-order valence-electron chi connectivity index (χ1n) is 9.01. The minimum Gasteiger partial charge on any atom is -0.454 e. The number of ether oxygens (including phenoxy) is 2. The van der Waals surface area contributed by atoms with Crippen LogP contribution in [-0.4, -0.2) is 28.8 Å². The third kappa shape index (κ3) is 4.88. The zero-order chi connectivity index (χ0) is 20.1. The van der Waals surface area contributed by atoms with Gasteiger partial charge in [0.05, 0.1) is 6.54 Å². The van der Waals surface area contributed by atoms with Crippen LogP contribution in [0.5, 0.6) is 11.5 Å². The van der Waals surface area contributed by atoms with E-state index in [0.717, 1.165) is 16.9 Å². The number of rotatable bonds is 7. The molecule has 0 atom stereocenters. The highest BCUT2D eigenvalue weighted by atomic mass is 32.1. The molecule has 148 valence electrons. The number of fused-ring (bicyclic) bond motifs is 1. The summed E-state index contributed by atoms with van der Waals surface area (Å²) >= 11 is 1.14. The number of hydrogen-bond acceptors (Lipinski definition) is 7. The molecule has 8 nitrogen and oxygen atoms in total. The van der Waals surface area contributed by atoms with E-state index in [1.165, 1.54) is 0 Å². The SMILES string of the molecule is O=C(CCc1ccccc1)NCc1nnc(C(=O)Nc2ccc3c(c2)OCO3)s1. The Morgan fingerprint density at radius 2 is 1.86 bits per heavy atom. The van der Waals surface area contributed by atoms with Gasteiger partial charge in [0, 0.05) is 18.2 Å². The Morgan fingerprint density at radius 1 is 1.03 bits per heavy atom. The molecule has 0 spiro atoms. The molecule has 9 heteroatoms. The van der Waals surface area contributed by atoms with Crippen LogP contribution in [0.25, 0.3) is 0 Å². The molecule has 29 heavy (non-hydrogen) atoms. The average molecular weight is 410 g/mol. The van der Waals surface area contributed by atoms with Crippen LogP contribution in [0.2, 0.25) is 0 Å². The lowest BCUT2D eigenvalue weighted by Gasteiger charge is -2.04. The third-order valence-corrected chi connectivity index (χ3v) is 5.13. The Kier molecular flexibility index (Phi) is 5.66. The van der Waals surface area contributed by atoms with E-state index < -0.39 is 0 Å². The number of anilines is 1. The molecule has 0 saturated carbocycles. The van der Waals surface area contributed by atoms with Crippen LogP contribution in [0, 0.1) is 0 Å². The standard InChI is InChI=1S/C20H18N4O4S/c25-17(9-6-13-4-2-1-3-5-13)21-11-18-23-24-20(29-18)19(26)22-14-7-8-15-16(10-14)28-12-27-15/h1-5,7-8,10H,6,9,11-12H2,(H,21,25)(H,22,26). The summed E-state index contributed by atoms with van der Waals surface area (Å²) in [6.45, 7) is 0.409. The molecule has 0 aliphatic carbocycles. The fourth-order valence-corrected chi connectivity index (χ4v) is 3.42. The van der Waals surface area contributed by atoms with Crippen molar-refractivity contribution in [3.8, 4) is 11.5 Å². The van der Waals surface area contributed by atoms with Crippen molar-refractivity contribution in [2.45, 2.75) is 19.4 Å². The van der Waals surface area contributed by atoms with E-state index in [1.54, 1.807) is 18.2 Å². The van der Waals surface area contributed by atoms with Gasteiger partial charge in [-0.05, 0) is 24.1 Å². The van der Waals surface area contributed by atoms with Gasteiger partial charge in [-0.3, -0.25) is 9.59 Å². The van der Waals surface area contributed by atoms with E-state index in [2.05, 4.69) is 20.8 Å². The Labute approximate surface area is 170 Å². The van der Waals surface area contributed by atoms with Crippen LogP contribution in [0.15, 0.2) is 48.5 Å². The van der Waals surface area contributed by atoms with Crippen LogP contribution in [0.4, 0.5) is 5.69 Å². The largest absolute Gasteiger partial charge is 0.454 e. The molecule has 1 aliphatic rings. The summed E-state index contributed by atoms with van der Waals surface area (Å²) < 4.78 is 10.5. The van der Waals surface area contributed by atoms with E-state index in [1.807, 2.05) is 30.3 Å². The normalized spacial score (nSPS) is 11.9. The molecule has 2 N–H and O–H groups in total. The number of aromatic nitrogens is 2. The predicted molar refractivity (Wildman–Crippen MR) is 107 cm³/mol. The quantitative estimate of drug-likeness (QED) is 0.621. The maximum atomic E-state index is 12.4. The molecule has 2 aromatic carbocycles. The first-order valence-corrected chi connectivity index (χ1v) is 9.83. The lowest BCUT2D eigenvalue weighted by Crippen LogP contribution is -2.22. The monoisotopic (exact) mass is 410 g/mol. The van der Waals surface area contributed by atoms with Crippen LogP contribution in [0.3, 0.4) is 0 Å². The van der Waals surface area contributed by atoms with E-state index in [-0.39, 0.29) is 30.2 Å². The molecule has 0 radical (unpaired) electrons. The molecule has 1 aromatic heterocycles. The van der Waals surface area contributed by atoms with Crippen molar-refractivity contribution in [2.75, 3.05) is 12.1 Å². The van der Waals surface area contributed by atoms with Crippen molar-refractivity contribution < 1.29 is 19.1 Å². The zero-order valence-electron chi connectivity index (χ0n) is 15.4. The number of nitrogens with one attached hydrogen (secondary N) is 2. The van der Waals surface area contributed by atoms with Crippen molar-refractivity contribution in [3.05, 3.63) is 64.1 Å². The lowest BCUT2D eigenvalue weighted by molar-refractivity contribution is -0.121. The van der Waals surface area contributed by atoms with E-state index in [0.29, 0.717) is 35.0 Å². The highest BCUT2D eigenvalue weighted by Gasteiger charge is 2.17. The smallest absolute Gasteiger partial charge is 0.286 e. The first-order chi connectivity index (χ1) is 14.2. The number of hydrogen-bond donors (Lipinski definition) is 2. The van der Waals surface area contributed by atoms with Crippen LogP contribution >= 0.6 is 11.3 Å². The number of carbonyl (C=O) groups excluding carboxylic acids is 2. The molecule has 1 aliphatic heterocycles. The molecule has 0 unspecified atom stereocenters. The Hall–Kier alpha value is -3.46. The van der Waals surface area contributed by atoms with Crippen LogP contribution < -0.4 is 20.1 Å². The lowest BCUT2D eigenvalue weighted by atomic mass is 10.1. The van der Waals surface area contributed by atoms with E-state index in [4.69, 9.17) is 9.47 Å². The highest BCUT2D eigenvalue weighted by molar-refractivity contribution is 7.13. The van der Waals surface area contributed by atoms with Gasteiger partial charge in [0.25, 0.3) is 5.91 Å². The van der Waals surface area contributed by atoms with Crippen LogP contribution in [-0.2, 0) is 17.8 Å². The fraction of sp³-hybridized carbons (Fsp3) is 0.200. The van der Waals surface area contributed by atoms with Crippen molar-refractivity contribution in [2.24, 2.45) is 0 Å². The summed E-state index contributed by atoms with van der Waals surface area (Å²) in [4.78, 5) is 24.4. The van der Waals surface area contributed by atoms with Gasteiger partial charge >= 0.3 is 0 Å². The molecule has 0 fully saturated rings. The average Bonchev–Trinajstić information content (AvgIpc) is 3.40. The number of benzene rings is 2. The Balaban J connectivity index is 1.26. The minimum atomic E-state index is -0.372. The molecule has 4 rings (SSSR count). The van der Waals surface area contributed by atoms with E-state index >= 15 is 0 Å². The second-order valence-corrected chi connectivity index (χ2v) is 7.35. The van der Waals surface area contributed by atoms with Gasteiger partial charge in [-0.15, -0.1) is 10.2 Å². The summed E-state index contributed by atoms with van der Waals surface area (Å²) in [6, 6.07) is 15.0. The van der Waals surface area contributed by atoms with Crippen molar-refractivity contribution in [1.29, 1.82) is 0 Å². The minimum absolute atomic E-state index is 0.0737. The zero-order valence-corrected chi connectivity index (χ0v) is 16.2. The van der Waals surface area contributed by atoms with Crippen molar-refractivity contribution in [3.63, 3.8) is 0 Å². The Bertz CT molecular complexity index is 1020. The van der Waals surface area contributed by atoms with E-state index in [9.17, 15) is 9.59 Å². The van der Waals surface area contributed by atoms with Crippen LogP contribution in [0.1, 0.15) is 26.8 Å². The fourth-order valence-electron chi connectivity index (χ4n) is 2.74. The first kappa shape index (κ1) is 18.9. The van der Waals surface area contributed by atoms with Gasteiger partial charge in [0.15, 0.2) is 11.5 Å². The maximum Gasteiger partial charge on any atom is 0.286 e. The third-order valence-electron chi connectivity index (χ3n) is 4.21. The van der Waals surface area contributed by atoms with Crippen molar-refractivity contribution >= 4 is 28.8 Å². The Morgan fingerprint density at radius 3 is 2.72 bits per heavy atom. The van der Waals surface area contributed by atoms with Crippen molar-refractivity contribution in [1.82, 2.24) is 15.5 Å². The summed E-state index contributed by atoms with van der Waals surface area (Å²) in [6.07, 6.45) is 1.06. The van der Waals surface area contributed by atoms with Gasteiger partial charge in [-0.2, -0.15) is 0 Å². The van der Waals surface area contributed by atoms with Gasteiger partial charge in [0.2, 0.25) is 17.7 Å². The molecule has 3 aromatic rings. The van der Waals surface area contributed by atoms with Gasteiger partial charge < -0.3 is 20.1 Å². The number of amides is 2. The summed E-state index contributed by atoms with van der Waals surface area (Å²) in [5, 5.41) is 14.2. The van der Waals surface area contributed by atoms with Gasteiger partial charge in [0.1, 0.15) is 5.01 Å². The second kappa shape index (κ2) is 8.70. The molecule has 2 heterocycles. The summed E-state index contributed by atoms with van der Waals surface area (Å²) in [7, 11) is 0. The van der Waals surface area contributed by atoms with Gasteiger partial charge in [-0.25, -0.2) is 0 Å². The molecule has 0 bridgehead atoms. The van der Waals surface area contributed by atoms with Gasteiger partial charge in [-0.1, -0.05) is 41.7 Å². The number of nitrogens with zero attached hydrogens (tertiary/aromatic N) is 2. The predicted octanol–water partition coefficient (Wildman–Crippen LogP) is 2.77. The second-order valence-electron chi connectivity index (χ2n) is 6.29. The molecular formula is C20H18N4O4S. The number of aryl methyl sites for hydroxylation is 1. The molecule has 0 saturated heterocycles. The highest BCUT2D eigenvalue weighted by Crippen LogP contribution is 2.34.